The molecule has 0 heterocycles. The Bertz CT molecular complexity index is 960. The zero-order valence-electron chi connectivity index (χ0n) is 28.4. The number of hydrogen-bond donors (Lipinski definition) is 2. The third kappa shape index (κ3) is 25.6. The highest BCUT2D eigenvalue weighted by Crippen LogP contribution is 2.24. The maximum absolute atomic E-state index is 11.9. The van der Waals surface area contributed by atoms with Gasteiger partial charge in [-0.3, -0.25) is 4.79 Å². The second kappa shape index (κ2) is 28.5. The first-order chi connectivity index (χ1) is 19.4. The number of Topliss-reactive ketones (excluding diaryl/α,β-unsaturated/α-hetero) is 1. The average molecular weight is 565 g/mol. The van der Waals surface area contributed by atoms with Crippen molar-refractivity contribution in [2.24, 2.45) is 11.7 Å². The molecule has 3 heteroatoms. The van der Waals surface area contributed by atoms with Crippen molar-refractivity contribution in [2.45, 2.75) is 121 Å². The molecule has 232 valence electrons. The molecule has 2 aromatic carbocycles. The average Bonchev–Trinajstić information content (AvgIpc) is 2.94. The summed E-state index contributed by atoms with van der Waals surface area (Å²) in [5, 5.41) is 0. The summed E-state index contributed by atoms with van der Waals surface area (Å²) in [6.07, 6.45) is 12.6. The minimum absolute atomic E-state index is 0.224. The van der Waals surface area contributed by atoms with E-state index < -0.39 is 0 Å². The number of benzene rings is 2. The molecule has 0 aliphatic carbocycles. The third-order valence-electron chi connectivity index (χ3n) is 5.72. The molecule has 0 spiro atoms. The smallest absolute Gasteiger partial charge is 0.162 e. The molecule has 0 aromatic heterocycles. The second-order valence-corrected chi connectivity index (χ2v) is 10.9. The van der Waals surface area contributed by atoms with Gasteiger partial charge in [-0.05, 0) is 74.6 Å². The fraction of sp³-hybridized carbons (Fsp3) is 0.500. The van der Waals surface area contributed by atoms with Crippen molar-refractivity contribution < 1.29 is 4.79 Å². The topological polar surface area (TPSA) is 69.1 Å². The van der Waals surface area contributed by atoms with Gasteiger partial charge in [0.15, 0.2) is 5.78 Å². The molecule has 0 aliphatic heterocycles. The number of rotatable bonds is 10. The van der Waals surface area contributed by atoms with Gasteiger partial charge in [-0.2, -0.15) is 0 Å². The van der Waals surface area contributed by atoms with E-state index in [1.165, 1.54) is 43.9 Å². The lowest BCUT2D eigenvalue weighted by molar-refractivity contribution is 0.0980. The van der Waals surface area contributed by atoms with Crippen molar-refractivity contribution in [3.05, 3.63) is 90.2 Å². The molecule has 0 saturated heterocycles. The number of aryl methyl sites for hydroxylation is 1. The Labute approximate surface area is 255 Å². The highest BCUT2D eigenvalue weighted by Gasteiger charge is 2.06. The van der Waals surface area contributed by atoms with Crippen LogP contribution in [0, 0.1) is 12.8 Å². The maximum atomic E-state index is 11.9. The van der Waals surface area contributed by atoms with Crippen LogP contribution in [-0.2, 0) is 0 Å². The lowest BCUT2D eigenvalue weighted by Crippen LogP contribution is -1.98. The zero-order valence-corrected chi connectivity index (χ0v) is 28.4. The number of unbranched alkanes of at least 4 members (excludes halogenated alkanes) is 1. The van der Waals surface area contributed by atoms with Crippen LogP contribution in [0.5, 0.6) is 0 Å². The van der Waals surface area contributed by atoms with Crippen molar-refractivity contribution in [1.82, 2.24) is 0 Å². The molecule has 0 fully saturated rings. The molecule has 4 N–H and O–H groups in total. The summed E-state index contributed by atoms with van der Waals surface area (Å²) in [7, 11) is 0. The Hall–Kier alpha value is -3.07. The largest absolute Gasteiger partial charge is 0.404 e. The van der Waals surface area contributed by atoms with E-state index in [1.807, 2.05) is 64.1 Å². The molecule has 2 aromatic rings. The number of nitrogen functional groups attached to an aromatic ring is 1. The molecule has 0 bridgehead atoms. The molecular formula is C38H64N2O. The highest BCUT2D eigenvalue weighted by molar-refractivity contribution is 5.96. The predicted octanol–water partition coefficient (Wildman–Crippen LogP) is 11.9. The molecule has 41 heavy (non-hydrogen) atoms. The molecule has 0 saturated carbocycles. The molecule has 3 nitrogen and oxygen atoms in total. The fourth-order valence-electron chi connectivity index (χ4n) is 3.35. The number of carbonyl (C=O) groups is 1. The van der Waals surface area contributed by atoms with E-state index in [0.717, 1.165) is 52.3 Å². The Morgan fingerprint density at radius 3 is 1.68 bits per heavy atom. The van der Waals surface area contributed by atoms with Crippen LogP contribution in [0.2, 0.25) is 0 Å². The third-order valence-corrected chi connectivity index (χ3v) is 5.72. The number of ketones is 1. The van der Waals surface area contributed by atoms with E-state index in [4.69, 9.17) is 11.5 Å². The quantitative estimate of drug-likeness (QED) is 0.130. The van der Waals surface area contributed by atoms with E-state index in [2.05, 4.69) is 60.8 Å². The Morgan fingerprint density at radius 1 is 0.878 bits per heavy atom. The van der Waals surface area contributed by atoms with Crippen molar-refractivity contribution >= 4 is 11.5 Å². The van der Waals surface area contributed by atoms with Gasteiger partial charge in [0.1, 0.15) is 0 Å². The summed E-state index contributed by atoms with van der Waals surface area (Å²) in [6.45, 7) is 28.1. The van der Waals surface area contributed by atoms with Gasteiger partial charge in [0.05, 0.1) is 0 Å². The van der Waals surface area contributed by atoms with Gasteiger partial charge in [-0.15, -0.1) is 6.58 Å². The van der Waals surface area contributed by atoms with Crippen LogP contribution in [0.15, 0.2) is 79.0 Å². The van der Waals surface area contributed by atoms with E-state index in [0.29, 0.717) is 6.42 Å². The highest BCUT2D eigenvalue weighted by atomic mass is 16.1. The van der Waals surface area contributed by atoms with Gasteiger partial charge in [-0.1, -0.05) is 135 Å². The van der Waals surface area contributed by atoms with Crippen LogP contribution in [0.25, 0.3) is 11.1 Å². The summed E-state index contributed by atoms with van der Waals surface area (Å²) in [6, 6.07) is 13.8. The summed E-state index contributed by atoms with van der Waals surface area (Å²) < 4.78 is 0. The summed E-state index contributed by atoms with van der Waals surface area (Å²) in [5.74, 6) is 1.19. The molecule has 0 amide bonds. The number of anilines is 1. The first-order valence-corrected chi connectivity index (χ1v) is 15.5. The van der Waals surface area contributed by atoms with Gasteiger partial charge >= 0.3 is 0 Å². The Morgan fingerprint density at radius 2 is 1.34 bits per heavy atom. The van der Waals surface area contributed by atoms with Crippen molar-refractivity contribution in [3.63, 3.8) is 0 Å². The van der Waals surface area contributed by atoms with Crippen LogP contribution in [-0.4, -0.2) is 5.78 Å². The van der Waals surface area contributed by atoms with Crippen LogP contribution in [0.3, 0.4) is 0 Å². The number of nitrogens with two attached hydrogens (primary N) is 2. The second-order valence-electron chi connectivity index (χ2n) is 10.9. The van der Waals surface area contributed by atoms with Gasteiger partial charge in [-0.25, -0.2) is 0 Å². The van der Waals surface area contributed by atoms with Gasteiger partial charge < -0.3 is 11.5 Å². The molecule has 2 rings (SSSR count). The minimum Gasteiger partial charge on any atom is -0.404 e. The lowest BCUT2D eigenvalue weighted by Gasteiger charge is -2.06. The fourth-order valence-corrected chi connectivity index (χ4v) is 3.35. The standard InChI is InChI=1S/C18H21NO.C8H18.C5H9N.C4H8.C3H8/c1-3-4-5-18(20)15-10-8-14(9-11-15)16-7-6-13(2)17(19)12-16;1-4-6-8(3)7-5-2;1-3-5(2)4-6;1-4(2)3;1-3-2/h6-12H,3-5,19H2,1-2H3;8H,4-7H2,1-3H3;3-4H,1,6H2,2H3;1H2,2-3H3;3H2,1-2H3/b;;5-4-;;. The number of allylic oxidation sites excluding steroid dienone is 3. The minimum atomic E-state index is 0.224. The molecule has 0 atom stereocenters. The van der Waals surface area contributed by atoms with Crippen LogP contribution < -0.4 is 11.5 Å². The van der Waals surface area contributed by atoms with E-state index in [9.17, 15) is 4.79 Å². The number of hydrogen-bond acceptors (Lipinski definition) is 3. The van der Waals surface area contributed by atoms with Gasteiger partial charge in [0, 0.05) is 17.7 Å². The van der Waals surface area contributed by atoms with E-state index in [1.54, 1.807) is 6.08 Å². The zero-order chi connectivity index (χ0) is 32.2. The summed E-state index contributed by atoms with van der Waals surface area (Å²) in [5.41, 5.74) is 18.0. The predicted molar refractivity (Wildman–Crippen MR) is 188 cm³/mol. The first-order valence-electron chi connectivity index (χ1n) is 15.5. The Kier molecular flexibility index (Phi) is 29.4. The molecule has 0 unspecified atom stereocenters. The van der Waals surface area contributed by atoms with Gasteiger partial charge in [0.2, 0.25) is 0 Å². The van der Waals surface area contributed by atoms with E-state index in [-0.39, 0.29) is 5.78 Å². The monoisotopic (exact) mass is 565 g/mol. The van der Waals surface area contributed by atoms with Crippen LogP contribution in [0.4, 0.5) is 5.69 Å². The SMILES string of the molecule is C=C(C)C.C=C/C(C)=C\N.CCC.CCCC(C)CCC.CCCCC(=O)c1ccc(-c2ccc(C)c(N)c2)cc1. The van der Waals surface area contributed by atoms with Crippen LogP contribution >= 0.6 is 0 Å². The summed E-state index contributed by atoms with van der Waals surface area (Å²) >= 11 is 0. The normalized spacial score (nSPS) is 9.88. The summed E-state index contributed by atoms with van der Waals surface area (Å²) in [4.78, 5) is 11.9. The van der Waals surface area contributed by atoms with Crippen molar-refractivity contribution in [1.29, 1.82) is 0 Å². The van der Waals surface area contributed by atoms with E-state index >= 15 is 0 Å². The molecular weight excluding hydrogens is 500 g/mol. The molecule has 0 aliphatic rings. The van der Waals surface area contributed by atoms with Gasteiger partial charge in [0.25, 0.3) is 0 Å². The number of carbonyl (C=O) groups excluding carboxylic acids is 1. The van der Waals surface area contributed by atoms with Crippen molar-refractivity contribution in [3.8, 4) is 11.1 Å². The van der Waals surface area contributed by atoms with Crippen LogP contribution in [0.1, 0.15) is 130 Å². The lowest BCUT2D eigenvalue weighted by atomic mass is 9.99. The maximum Gasteiger partial charge on any atom is 0.162 e. The Balaban J connectivity index is -0.000000566. The van der Waals surface area contributed by atoms with Crippen molar-refractivity contribution in [2.75, 3.05) is 5.73 Å². The first kappa shape index (κ1) is 42.4. The molecule has 0 radical (unpaired) electrons.